The summed E-state index contributed by atoms with van der Waals surface area (Å²) in [5.41, 5.74) is 3.03. The number of aromatic nitrogens is 3. The largest absolute Gasteiger partial charge is 0.314 e. The molecule has 0 spiro atoms. The Kier molecular flexibility index (Phi) is 6.84. The van der Waals surface area contributed by atoms with Crippen molar-refractivity contribution in [3.8, 4) is 0 Å². The lowest BCUT2D eigenvalue weighted by molar-refractivity contribution is 0.112. The second-order valence-corrected chi connectivity index (χ2v) is 6.42. The maximum Gasteiger partial charge on any atom is 0.151 e. The van der Waals surface area contributed by atoms with Crippen LogP contribution in [0.25, 0.3) is 0 Å². The molecule has 0 fully saturated rings. The molecule has 0 radical (unpaired) electrons. The van der Waals surface area contributed by atoms with Gasteiger partial charge in [-0.1, -0.05) is 12.1 Å². The molecule has 2 aromatic heterocycles. The quantitative estimate of drug-likeness (QED) is 0.723. The van der Waals surface area contributed by atoms with Crippen molar-refractivity contribution in [2.45, 2.75) is 18.4 Å². The summed E-state index contributed by atoms with van der Waals surface area (Å²) in [5.74, 6) is 0. The summed E-state index contributed by atoms with van der Waals surface area (Å²) >= 11 is 1.60. The number of nitrogens with one attached hydrogen (secondary N) is 1. The number of hydrogen-bond donors (Lipinski definition) is 1. The van der Waals surface area contributed by atoms with Crippen LogP contribution in [0, 0.1) is 6.92 Å². The molecule has 1 N–H and O–H groups in total. The average molecular weight is 342 g/mol. The fraction of sp³-hybridized carbons (Fsp3) is 0.222. The van der Waals surface area contributed by atoms with Gasteiger partial charge in [0.05, 0.1) is 5.69 Å². The summed E-state index contributed by atoms with van der Waals surface area (Å²) in [4.78, 5) is 11.7. The highest BCUT2D eigenvalue weighted by atomic mass is 32.2. The number of hydrogen-bond acceptors (Lipinski definition) is 4. The number of benzene rings is 1. The van der Waals surface area contributed by atoms with Gasteiger partial charge in [-0.2, -0.15) is 5.10 Å². The van der Waals surface area contributed by atoms with E-state index in [0.29, 0.717) is 5.56 Å². The van der Waals surface area contributed by atoms with Gasteiger partial charge in [0.2, 0.25) is 0 Å². The molecule has 24 heavy (non-hydrogen) atoms. The van der Waals surface area contributed by atoms with Crippen molar-refractivity contribution in [1.82, 2.24) is 19.1 Å². The highest BCUT2D eigenvalue weighted by Gasteiger charge is 1.98. The molecule has 0 aliphatic rings. The van der Waals surface area contributed by atoms with Crippen LogP contribution in [-0.2, 0) is 13.6 Å². The molecule has 0 aliphatic heterocycles. The molecule has 0 atom stereocenters. The predicted molar refractivity (Wildman–Crippen MR) is 98.2 cm³/mol. The molecule has 0 amide bonds. The maximum absolute atomic E-state index is 10.5. The van der Waals surface area contributed by atoms with Gasteiger partial charge in [0.25, 0.3) is 0 Å². The van der Waals surface area contributed by atoms with E-state index in [1.807, 2.05) is 48.8 Å². The third kappa shape index (κ3) is 5.72. The van der Waals surface area contributed by atoms with Crippen molar-refractivity contribution in [3.63, 3.8) is 0 Å². The molecule has 126 valence electrons. The minimum absolute atomic E-state index is 0.704. The van der Waals surface area contributed by atoms with Crippen LogP contribution in [0.4, 0.5) is 0 Å². The Morgan fingerprint density at radius 1 is 1.25 bits per heavy atom. The normalized spacial score (nSPS) is 10.1. The summed E-state index contributed by atoms with van der Waals surface area (Å²) in [7, 11) is 3.83. The van der Waals surface area contributed by atoms with E-state index in [1.165, 1.54) is 10.5 Å². The Labute approximate surface area is 146 Å². The zero-order valence-corrected chi connectivity index (χ0v) is 15.0. The molecular formula is C18H22N4OS. The van der Waals surface area contributed by atoms with Gasteiger partial charge in [0.1, 0.15) is 0 Å². The smallest absolute Gasteiger partial charge is 0.151 e. The Balaban J connectivity index is 0.000000198. The van der Waals surface area contributed by atoms with Gasteiger partial charge in [-0.25, -0.2) is 0 Å². The second-order valence-electron chi connectivity index (χ2n) is 5.34. The van der Waals surface area contributed by atoms with Crippen LogP contribution in [0.3, 0.4) is 0 Å². The summed E-state index contributed by atoms with van der Waals surface area (Å²) < 4.78 is 3.73. The fourth-order valence-electron chi connectivity index (χ4n) is 2.05. The fourth-order valence-corrected chi connectivity index (χ4v) is 2.97. The van der Waals surface area contributed by atoms with E-state index in [9.17, 15) is 4.79 Å². The Hall–Kier alpha value is -2.31. The third-order valence-corrected chi connectivity index (χ3v) is 4.06. The Morgan fingerprint density at radius 2 is 2.08 bits per heavy atom. The van der Waals surface area contributed by atoms with Crippen LogP contribution >= 0.6 is 11.9 Å². The first kappa shape index (κ1) is 18.0. The van der Waals surface area contributed by atoms with Crippen LogP contribution < -0.4 is 5.32 Å². The van der Waals surface area contributed by atoms with E-state index < -0.39 is 0 Å². The van der Waals surface area contributed by atoms with E-state index in [2.05, 4.69) is 35.5 Å². The van der Waals surface area contributed by atoms with Crippen molar-refractivity contribution in [3.05, 3.63) is 71.8 Å². The molecule has 0 saturated carbocycles. The topological polar surface area (TPSA) is 51.9 Å². The molecule has 5 nitrogen and oxygen atoms in total. The van der Waals surface area contributed by atoms with Gasteiger partial charge >= 0.3 is 0 Å². The van der Waals surface area contributed by atoms with Crippen molar-refractivity contribution in [1.29, 1.82) is 0 Å². The van der Waals surface area contributed by atoms with Gasteiger partial charge in [-0.05, 0) is 55.7 Å². The maximum atomic E-state index is 10.5. The van der Waals surface area contributed by atoms with E-state index in [-0.39, 0.29) is 0 Å². The summed E-state index contributed by atoms with van der Waals surface area (Å²) in [6.45, 7) is 2.91. The van der Waals surface area contributed by atoms with Crippen molar-refractivity contribution in [2.24, 2.45) is 7.05 Å². The van der Waals surface area contributed by atoms with Crippen LogP contribution in [0.2, 0.25) is 0 Å². The molecule has 0 saturated heterocycles. The standard InChI is InChI=1S/C12H11NOS.C6H11N3/c1-10-3-2-4-12(7-10)15-13-6-5-11(8-13)9-14;1-7-5-6-3-4-9(2)8-6/h2-9H,1H3;3-4,7H,5H2,1-2H3. The predicted octanol–water partition coefficient (Wildman–Crippen LogP) is 3.30. The van der Waals surface area contributed by atoms with E-state index in [4.69, 9.17) is 0 Å². The van der Waals surface area contributed by atoms with E-state index >= 15 is 0 Å². The van der Waals surface area contributed by atoms with Crippen molar-refractivity contribution < 1.29 is 4.79 Å². The molecule has 0 unspecified atom stereocenters. The first-order chi connectivity index (χ1) is 11.6. The van der Waals surface area contributed by atoms with Gasteiger partial charge in [-0.3, -0.25) is 13.4 Å². The van der Waals surface area contributed by atoms with Gasteiger partial charge in [-0.15, -0.1) is 0 Å². The third-order valence-electron chi connectivity index (χ3n) is 3.15. The highest BCUT2D eigenvalue weighted by molar-refractivity contribution is 7.97. The molecule has 0 aliphatic carbocycles. The summed E-state index contributed by atoms with van der Waals surface area (Å²) in [6.07, 6.45) is 6.50. The summed E-state index contributed by atoms with van der Waals surface area (Å²) in [6, 6.07) is 12.1. The lowest BCUT2D eigenvalue weighted by Crippen LogP contribution is -2.05. The second kappa shape index (κ2) is 9.10. The van der Waals surface area contributed by atoms with Crippen LogP contribution in [0.1, 0.15) is 21.6 Å². The van der Waals surface area contributed by atoms with Crippen LogP contribution in [-0.4, -0.2) is 27.1 Å². The van der Waals surface area contributed by atoms with Crippen molar-refractivity contribution in [2.75, 3.05) is 7.05 Å². The Morgan fingerprint density at radius 3 is 2.67 bits per heavy atom. The molecule has 6 heteroatoms. The molecule has 1 aromatic carbocycles. The first-order valence-electron chi connectivity index (χ1n) is 7.62. The van der Waals surface area contributed by atoms with E-state index in [0.717, 1.165) is 18.5 Å². The zero-order valence-electron chi connectivity index (χ0n) is 14.1. The van der Waals surface area contributed by atoms with Crippen LogP contribution in [0.5, 0.6) is 0 Å². The molecule has 2 heterocycles. The molecular weight excluding hydrogens is 320 g/mol. The number of aryl methyl sites for hydroxylation is 2. The van der Waals surface area contributed by atoms with Crippen molar-refractivity contribution >= 4 is 18.2 Å². The SMILES string of the molecule is CNCc1ccn(C)n1.Cc1cccc(Sn2ccc(C=O)c2)c1. The number of aldehydes is 1. The average Bonchev–Trinajstić information content (AvgIpc) is 3.17. The zero-order chi connectivity index (χ0) is 17.4. The van der Waals surface area contributed by atoms with Gasteiger partial charge < -0.3 is 5.32 Å². The lowest BCUT2D eigenvalue weighted by Gasteiger charge is -2.02. The number of carbonyl (C=O) groups is 1. The van der Waals surface area contributed by atoms with Crippen LogP contribution in [0.15, 0.2) is 59.9 Å². The van der Waals surface area contributed by atoms with Gasteiger partial charge in [0.15, 0.2) is 6.29 Å². The number of rotatable bonds is 5. The van der Waals surface area contributed by atoms with Gasteiger partial charge in [0, 0.05) is 42.6 Å². The minimum atomic E-state index is 0.704. The lowest BCUT2D eigenvalue weighted by atomic mass is 10.2. The molecule has 3 rings (SSSR count). The summed E-state index contributed by atoms with van der Waals surface area (Å²) in [5, 5.41) is 7.18. The highest BCUT2D eigenvalue weighted by Crippen LogP contribution is 2.21. The first-order valence-corrected chi connectivity index (χ1v) is 8.39. The monoisotopic (exact) mass is 342 g/mol. The number of carbonyl (C=O) groups excluding carboxylic acids is 1. The van der Waals surface area contributed by atoms with E-state index in [1.54, 1.807) is 22.7 Å². The molecule has 3 aromatic rings. The number of nitrogens with zero attached hydrogens (tertiary/aromatic N) is 3. The molecule has 0 bridgehead atoms. The minimum Gasteiger partial charge on any atom is -0.314 e. The Bertz CT molecular complexity index is 779.